The number of rotatable bonds is 9. The van der Waals surface area contributed by atoms with E-state index in [0.717, 1.165) is 68.9 Å². The number of hydrogen-bond donors (Lipinski definition) is 1. The molecule has 1 aliphatic heterocycles. The quantitative estimate of drug-likeness (QED) is 0.295. The molecule has 172 valence electrons. The zero-order chi connectivity index (χ0) is 22.6. The van der Waals surface area contributed by atoms with Gasteiger partial charge in [-0.25, -0.2) is 9.78 Å². The lowest BCUT2D eigenvalue weighted by atomic mass is 9.61. The zero-order valence-electron chi connectivity index (χ0n) is 19.7. The van der Waals surface area contributed by atoms with Crippen molar-refractivity contribution < 1.29 is 24.4 Å². The van der Waals surface area contributed by atoms with E-state index < -0.39 is 5.60 Å². The first-order valence-corrected chi connectivity index (χ1v) is 11.4. The van der Waals surface area contributed by atoms with Gasteiger partial charge in [-0.1, -0.05) is 32.6 Å². The van der Waals surface area contributed by atoms with Crippen LogP contribution >= 0.6 is 0 Å². The molecule has 2 fully saturated rings. The molecule has 0 bridgehead atoms. The third-order valence-corrected chi connectivity index (χ3v) is 7.52. The molecule has 5 nitrogen and oxygen atoms in total. The van der Waals surface area contributed by atoms with Gasteiger partial charge in [-0.15, -0.1) is 0 Å². The van der Waals surface area contributed by atoms with Gasteiger partial charge < -0.3 is 9.84 Å². The van der Waals surface area contributed by atoms with E-state index in [4.69, 9.17) is 14.5 Å². The lowest BCUT2D eigenvalue weighted by molar-refractivity contribution is -0.411. The second-order valence-corrected chi connectivity index (χ2v) is 10.3. The fourth-order valence-electron chi connectivity index (χ4n) is 4.90. The minimum Gasteiger partial charge on any atom is -0.469 e. The van der Waals surface area contributed by atoms with Crippen molar-refractivity contribution in [1.82, 2.24) is 0 Å². The lowest BCUT2D eigenvalue weighted by Gasteiger charge is -2.48. The van der Waals surface area contributed by atoms with Crippen LogP contribution in [0.4, 0.5) is 0 Å². The maximum absolute atomic E-state index is 11.7. The molecule has 5 heteroatoms. The summed E-state index contributed by atoms with van der Waals surface area (Å²) < 4.78 is 4.79. The Balaban J connectivity index is 1.74. The molecule has 0 radical (unpaired) electrons. The van der Waals surface area contributed by atoms with Crippen LogP contribution in [-0.2, 0) is 19.3 Å². The predicted molar refractivity (Wildman–Crippen MR) is 119 cm³/mol. The minimum absolute atomic E-state index is 0.138. The summed E-state index contributed by atoms with van der Waals surface area (Å²) in [6.07, 6.45) is 8.65. The fourth-order valence-corrected chi connectivity index (χ4v) is 4.90. The molecule has 0 amide bonds. The van der Waals surface area contributed by atoms with E-state index in [1.807, 2.05) is 6.92 Å². The molecule has 0 aromatic heterocycles. The third-order valence-electron chi connectivity index (χ3n) is 7.52. The third kappa shape index (κ3) is 5.74. The molecule has 1 saturated carbocycles. The van der Waals surface area contributed by atoms with E-state index in [2.05, 4.69) is 33.9 Å². The second kappa shape index (κ2) is 9.97. The number of allylic oxidation sites excluding steroid dienone is 1. The Bertz CT molecular complexity index is 629. The molecule has 1 heterocycles. The monoisotopic (exact) mass is 422 g/mol. The standard InChI is InChI=1S/C25H42O5/c1-18(12-17-25(27)19(2)11-9-14-23(25,4)5)10-8-15-24(6)16-13-21(29-30-24)20(3)22(26)28-7/h20-21,27H,1-2,8-17H2,3-7H3/t20-,21-,24+,25?/m1/s1. The topological polar surface area (TPSA) is 65.0 Å². The predicted octanol–water partition coefficient (Wildman–Crippen LogP) is 5.67. The van der Waals surface area contributed by atoms with Crippen molar-refractivity contribution in [2.45, 2.75) is 109 Å². The highest BCUT2D eigenvalue weighted by atomic mass is 17.2. The summed E-state index contributed by atoms with van der Waals surface area (Å²) in [5, 5.41) is 11.3. The summed E-state index contributed by atoms with van der Waals surface area (Å²) in [6, 6.07) is 0. The molecule has 2 rings (SSSR count). The Morgan fingerprint density at radius 3 is 2.53 bits per heavy atom. The van der Waals surface area contributed by atoms with Crippen molar-refractivity contribution in [2.75, 3.05) is 7.11 Å². The Labute approximate surface area is 182 Å². The van der Waals surface area contributed by atoms with Gasteiger partial charge in [0, 0.05) is 0 Å². The number of ether oxygens (including phenoxy) is 1. The van der Waals surface area contributed by atoms with E-state index in [-0.39, 0.29) is 29.0 Å². The molecule has 0 aromatic rings. The van der Waals surface area contributed by atoms with Crippen LogP contribution in [0.3, 0.4) is 0 Å². The zero-order valence-corrected chi connectivity index (χ0v) is 19.7. The van der Waals surface area contributed by atoms with Gasteiger partial charge in [0.15, 0.2) is 0 Å². The second-order valence-electron chi connectivity index (χ2n) is 10.3. The van der Waals surface area contributed by atoms with Crippen molar-refractivity contribution in [3.8, 4) is 0 Å². The van der Waals surface area contributed by atoms with Crippen LogP contribution in [0.25, 0.3) is 0 Å². The van der Waals surface area contributed by atoms with Crippen LogP contribution in [-0.4, -0.2) is 35.5 Å². The summed E-state index contributed by atoms with van der Waals surface area (Å²) in [7, 11) is 1.39. The van der Waals surface area contributed by atoms with Gasteiger partial charge in [0.05, 0.1) is 18.6 Å². The highest BCUT2D eigenvalue weighted by molar-refractivity contribution is 5.72. The average Bonchev–Trinajstić information content (AvgIpc) is 2.70. The van der Waals surface area contributed by atoms with Crippen molar-refractivity contribution in [3.05, 3.63) is 24.3 Å². The van der Waals surface area contributed by atoms with Crippen LogP contribution in [0.15, 0.2) is 24.3 Å². The Kier molecular flexibility index (Phi) is 8.34. The average molecular weight is 423 g/mol. The first-order chi connectivity index (χ1) is 13.9. The van der Waals surface area contributed by atoms with Crippen molar-refractivity contribution in [2.24, 2.45) is 11.3 Å². The van der Waals surface area contributed by atoms with Gasteiger partial charge in [-0.2, -0.15) is 0 Å². The lowest BCUT2D eigenvalue weighted by Crippen LogP contribution is -2.48. The van der Waals surface area contributed by atoms with Gasteiger partial charge in [0.2, 0.25) is 0 Å². The summed E-state index contributed by atoms with van der Waals surface area (Å²) in [6.45, 7) is 16.6. The molecular formula is C25H42O5. The molecule has 2 aliphatic rings. The number of methoxy groups -OCH3 is 1. The molecule has 0 spiro atoms. The van der Waals surface area contributed by atoms with E-state index in [1.165, 1.54) is 7.11 Å². The molecule has 1 unspecified atom stereocenters. The Morgan fingerprint density at radius 2 is 1.97 bits per heavy atom. The SMILES string of the molecule is C=C(CCC[C@@]1(C)CC[C@H]([C@@H](C)C(=O)OC)OO1)CCC1(O)C(=C)CCCC1(C)C. The smallest absolute Gasteiger partial charge is 0.311 e. The van der Waals surface area contributed by atoms with Crippen molar-refractivity contribution >= 4 is 5.97 Å². The summed E-state index contributed by atoms with van der Waals surface area (Å²) in [4.78, 5) is 22.9. The van der Waals surface area contributed by atoms with E-state index in [9.17, 15) is 9.90 Å². The van der Waals surface area contributed by atoms with Crippen molar-refractivity contribution in [1.29, 1.82) is 0 Å². The molecule has 1 N–H and O–H groups in total. The Morgan fingerprint density at radius 1 is 1.27 bits per heavy atom. The van der Waals surface area contributed by atoms with Gasteiger partial charge in [0.1, 0.15) is 11.7 Å². The van der Waals surface area contributed by atoms with Crippen LogP contribution in [0.2, 0.25) is 0 Å². The number of esters is 1. The number of hydrogen-bond acceptors (Lipinski definition) is 5. The molecule has 0 aromatic carbocycles. The number of aliphatic hydroxyl groups is 1. The van der Waals surface area contributed by atoms with Gasteiger partial charge in [-0.05, 0) is 89.0 Å². The molecule has 30 heavy (non-hydrogen) atoms. The molecular weight excluding hydrogens is 380 g/mol. The van der Waals surface area contributed by atoms with Gasteiger partial charge in [-0.3, -0.25) is 4.79 Å². The molecule has 4 atom stereocenters. The summed E-state index contributed by atoms with van der Waals surface area (Å²) in [5.41, 5.74) is 0.857. The number of carbonyl (C=O) groups excluding carboxylic acids is 1. The largest absolute Gasteiger partial charge is 0.469 e. The normalized spacial score (nSPS) is 32.5. The molecule has 1 saturated heterocycles. The van der Waals surface area contributed by atoms with E-state index in [1.54, 1.807) is 0 Å². The Hall–Kier alpha value is -1.17. The maximum Gasteiger partial charge on any atom is 0.311 e. The van der Waals surface area contributed by atoms with Crippen LogP contribution in [0.5, 0.6) is 0 Å². The fraction of sp³-hybridized carbons (Fsp3) is 0.800. The maximum atomic E-state index is 11.7. The van der Waals surface area contributed by atoms with Crippen LogP contribution in [0.1, 0.15) is 91.9 Å². The summed E-state index contributed by atoms with van der Waals surface area (Å²) in [5.74, 6) is -0.599. The summed E-state index contributed by atoms with van der Waals surface area (Å²) >= 11 is 0. The molecule has 1 aliphatic carbocycles. The minimum atomic E-state index is -0.800. The van der Waals surface area contributed by atoms with Crippen LogP contribution < -0.4 is 0 Å². The first-order valence-electron chi connectivity index (χ1n) is 11.4. The van der Waals surface area contributed by atoms with Gasteiger partial charge >= 0.3 is 5.97 Å². The van der Waals surface area contributed by atoms with Crippen LogP contribution in [0, 0.1) is 11.3 Å². The van der Waals surface area contributed by atoms with Crippen molar-refractivity contribution in [3.63, 3.8) is 0 Å². The highest BCUT2D eigenvalue weighted by Crippen LogP contribution is 2.49. The van der Waals surface area contributed by atoms with E-state index >= 15 is 0 Å². The first kappa shape index (κ1) is 25.1. The van der Waals surface area contributed by atoms with Gasteiger partial charge in [0.25, 0.3) is 0 Å². The highest BCUT2D eigenvalue weighted by Gasteiger charge is 2.47. The number of carbonyl (C=O) groups is 1. The van der Waals surface area contributed by atoms with E-state index in [0.29, 0.717) is 6.42 Å².